The lowest BCUT2D eigenvalue weighted by atomic mass is 10.1. The number of rotatable bonds is 6. The number of sulfonamides is 1. The number of halogens is 2. The van der Waals surface area contributed by atoms with E-state index in [0.29, 0.717) is 5.02 Å². The molecule has 0 saturated carbocycles. The molecule has 3 aromatic rings. The molecule has 3 aromatic carbocycles. The molecule has 0 spiro atoms. The summed E-state index contributed by atoms with van der Waals surface area (Å²) in [4.78, 5) is 24.2. The fourth-order valence-electron chi connectivity index (χ4n) is 2.58. The summed E-state index contributed by atoms with van der Waals surface area (Å²) in [5, 5.41) is 0.791. The summed E-state index contributed by atoms with van der Waals surface area (Å²) in [7, 11) is -3.98. The zero-order valence-electron chi connectivity index (χ0n) is 15.9. The molecule has 0 bridgehead atoms. The van der Waals surface area contributed by atoms with Gasteiger partial charge in [-0.05, 0) is 48.0 Å². The first-order chi connectivity index (χ1) is 14.7. The second-order valence-electron chi connectivity index (χ2n) is 6.42. The lowest BCUT2D eigenvalue weighted by Crippen LogP contribution is -2.42. The van der Waals surface area contributed by atoms with Crippen molar-refractivity contribution < 1.29 is 18.0 Å². The minimum absolute atomic E-state index is 0.0353. The highest BCUT2D eigenvalue weighted by Gasteiger charge is 2.18. The number of carbonyl (C=O) groups is 2. The van der Waals surface area contributed by atoms with Gasteiger partial charge in [0.25, 0.3) is 15.9 Å². The standard InChI is InChI=1S/C21H17Cl2N3O4S/c22-16-10-8-14(9-11-16)12-20(27)24-25-21(28)15-4-3-5-17(13-15)31(29,30)26-19-7-2-1-6-18(19)23/h1-11,13,26H,12H2,(H,24,27)(H,25,28). The summed E-state index contributed by atoms with van der Waals surface area (Å²) in [6.07, 6.45) is 0.0353. The Bertz CT molecular complexity index is 1220. The van der Waals surface area contributed by atoms with Gasteiger partial charge in [-0.15, -0.1) is 0 Å². The fraction of sp³-hybridized carbons (Fsp3) is 0.0476. The van der Waals surface area contributed by atoms with Crippen LogP contribution in [-0.2, 0) is 21.2 Å². The zero-order valence-corrected chi connectivity index (χ0v) is 18.3. The Kier molecular flexibility index (Phi) is 7.17. The van der Waals surface area contributed by atoms with Crippen molar-refractivity contribution in [3.63, 3.8) is 0 Å². The number of hydrogen-bond donors (Lipinski definition) is 3. The summed E-state index contributed by atoms with van der Waals surface area (Å²) < 4.78 is 27.7. The molecule has 0 aromatic heterocycles. The summed E-state index contributed by atoms with van der Waals surface area (Å²) >= 11 is 11.8. The second kappa shape index (κ2) is 9.82. The minimum Gasteiger partial charge on any atom is -0.278 e. The third-order valence-corrected chi connectivity index (χ3v) is 6.06. The van der Waals surface area contributed by atoms with Gasteiger partial charge in [0, 0.05) is 10.6 Å². The molecule has 160 valence electrons. The number of amides is 2. The maximum atomic E-state index is 12.6. The maximum Gasteiger partial charge on any atom is 0.269 e. The topological polar surface area (TPSA) is 104 Å². The van der Waals surface area contributed by atoms with Gasteiger partial charge >= 0.3 is 0 Å². The molecule has 3 rings (SSSR count). The molecule has 0 aliphatic heterocycles. The minimum atomic E-state index is -3.98. The summed E-state index contributed by atoms with van der Waals surface area (Å²) in [6.45, 7) is 0. The molecule has 0 heterocycles. The Labute approximate surface area is 189 Å². The number of nitrogens with one attached hydrogen (secondary N) is 3. The highest BCUT2D eigenvalue weighted by molar-refractivity contribution is 7.92. The molecule has 10 heteroatoms. The molecule has 3 N–H and O–H groups in total. The van der Waals surface area contributed by atoms with Gasteiger partial charge in [-0.3, -0.25) is 25.2 Å². The SMILES string of the molecule is O=C(Cc1ccc(Cl)cc1)NNC(=O)c1cccc(S(=O)(=O)Nc2ccccc2Cl)c1. The van der Waals surface area contributed by atoms with Crippen molar-refractivity contribution in [1.29, 1.82) is 0 Å². The van der Waals surface area contributed by atoms with Crippen molar-refractivity contribution in [2.45, 2.75) is 11.3 Å². The fourth-order valence-corrected chi connectivity index (χ4v) is 4.07. The maximum absolute atomic E-state index is 12.6. The van der Waals surface area contributed by atoms with Crippen LogP contribution >= 0.6 is 23.2 Å². The molecule has 2 amide bonds. The highest BCUT2D eigenvalue weighted by atomic mass is 35.5. The van der Waals surface area contributed by atoms with Crippen LogP contribution in [0, 0.1) is 0 Å². The van der Waals surface area contributed by atoms with Gasteiger partial charge in [0.2, 0.25) is 5.91 Å². The Morgan fingerprint density at radius 2 is 1.55 bits per heavy atom. The monoisotopic (exact) mass is 477 g/mol. The molecule has 0 unspecified atom stereocenters. The number of para-hydroxylation sites is 1. The third kappa shape index (κ3) is 6.21. The molecule has 0 radical (unpaired) electrons. The predicted molar refractivity (Wildman–Crippen MR) is 119 cm³/mol. The Morgan fingerprint density at radius 3 is 2.26 bits per heavy atom. The van der Waals surface area contributed by atoms with Crippen molar-refractivity contribution in [1.82, 2.24) is 10.9 Å². The number of hydrazine groups is 1. The smallest absolute Gasteiger partial charge is 0.269 e. The van der Waals surface area contributed by atoms with E-state index in [-0.39, 0.29) is 27.6 Å². The third-order valence-electron chi connectivity index (χ3n) is 4.12. The summed E-state index contributed by atoms with van der Waals surface area (Å²) in [5.74, 6) is -1.11. The molecule has 0 aliphatic carbocycles. The normalized spacial score (nSPS) is 10.9. The number of carbonyl (C=O) groups excluding carboxylic acids is 2. The second-order valence-corrected chi connectivity index (χ2v) is 8.94. The van der Waals surface area contributed by atoms with Gasteiger partial charge in [-0.25, -0.2) is 8.42 Å². The van der Waals surface area contributed by atoms with Crippen molar-refractivity contribution >= 4 is 50.7 Å². The first kappa shape index (κ1) is 22.6. The first-order valence-corrected chi connectivity index (χ1v) is 11.2. The molecule has 0 aliphatic rings. The van der Waals surface area contributed by atoms with Gasteiger partial charge in [-0.1, -0.05) is 53.5 Å². The highest BCUT2D eigenvalue weighted by Crippen LogP contribution is 2.24. The summed E-state index contributed by atoms with van der Waals surface area (Å²) in [5.41, 5.74) is 5.55. The quantitative estimate of drug-likeness (QED) is 0.469. The Hall–Kier alpha value is -3.07. The van der Waals surface area contributed by atoms with E-state index < -0.39 is 21.8 Å². The van der Waals surface area contributed by atoms with Gasteiger partial charge in [0.05, 0.1) is 22.0 Å². The van der Waals surface area contributed by atoms with Gasteiger partial charge in [0.15, 0.2) is 0 Å². The van der Waals surface area contributed by atoms with Crippen LogP contribution in [0.2, 0.25) is 10.0 Å². The van der Waals surface area contributed by atoms with Crippen molar-refractivity contribution in [2.24, 2.45) is 0 Å². The van der Waals surface area contributed by atoms with Crippen molar-refractivity contribution in [3.05, 3.63) is 94.0 Å². The van der Waals surface area contributed by atoms with E-state index in [1.54, 1.807) is 42.5 Å². The molecule has 0 atom stereocenters. The van der Waals surface area contributed by atoms with E-state index in [9.17, 15) is 18.0 Å². The van der Waals surface area contributed by atoms with Crippen LogP contribution in [-0.4, -0.2) is 20.2 Å². The molecule has 31 heavy (non-hydrogen) atoms. The average Bonchev–Trinajstić information content (AvgIpc) is 2.75. The molecular formula is C21H17Cl2N3O4S. The van der Waals surface area contributed by atoms with E-state index in [2.05, 4.69) is 15.6 Å². The van der Waals surface area contributed by atoms with Crippen LogP contribution in [0.4, 0.5) is 5.69 Å². The van der Waals surface area contributed by atoms with Gasteiger partial charge < -0.3 is 0 Å². The predicted octanol–water partition coefficient (Wildman–Crippen LogP) is 3.80. The van der Waals surface area contributed by atoms with Crippen LogP contribution in [0.1, 0.15) is 15.9 Å². The van der Waals surface area contributed by atoms with Crippen LogP contribution in [0.25, 0.3) is 0 Å². The lowest BCUT2D eigenvalue weighted by molar-refractivity contribution is -0.121. The molecule has 0 saturated heterocycles. The van der Waals surface area contributed by atoms with Crippen molar-refractivity contribution in [2.75, 3.05) is 4.72 Å². The van der Waals surface area contributed by atoms with E-state index in [4.69, 9.17) is 23.2 Å². The molecular weight excluding hydrogens is 461 g/mol. The van der Waals surface area contributed by atoms with Crippen LogP contribution < -0.4 is 15.6 Å². The van der Waals surface area contributed by atoms with E-state index >= 15 is 0 Å². The van der Waals surface area contributed by atoms with Crippen LogP contribution in [0.3, 0.4) is 0 Å². The van der Waals surface area contributed by atoms with E-state index in [0.717, 1.165) is 5.56 Å². The Balaban J connectivity index is 1.65. The van der Waals surface area contributed by atoms with Crippen LogP contribution in [0.15, 0.2) is 77.7 Å². The number of benzene rings is 3. The summed E-state index contributed by atoms with van der Waals surface area (Å²) in [6, 6.07) is 18.5. The average molecular weight is 478 g/mol. The first-order valence-electron chi connectivity index (χ1n) is 8.95. The van der Waals surface area contributed by atoms with Crippen LogP contribution in [0.5, 0.6) is 0 Å². The molecule has 7 nitrogen and oxygen atoms in total. The molecule has 0 fully saturated rings. The number of hydrogen-bond acceptors (Lipinski definition) is 4. The zero-order chi connectivity index (χ0) is 22.4. The van der Waals surface area contributed by atoms with Crippen molar-refractivity contribution in [3.8, 4) is 0 Å². The number of anilines is 1. The van der Waals surface area contributed by atoms with Gasteiger partial charge in [-0.2, -0.15) is 0 Å². The Morgan fingerprint density at radius 1 is 0.839 bits per heavy atom. The largest absolute Gasteiger partial charge is 0.278 e. The van der Waals surface area contributed by atoms with E-state index in [1.165, 1.54) is 30.3 Å². The van der Waals surface area contributed by atoms with E-state index in [1.807, 2.05) is 0 Å². The van der Waals surface area contributed by atoms with Gasteiger partial charge in [0.1, 0.15) is 0 Å². The lowest BCUT2D eigenvalue weighted by Gasteiger charge is -2.11.